The first-order valence-electron chi connectivity index (χ1n) is 4.06. The number of H-pyrrole nitrogens is 1. The van der Waals surface area contributed by atoms with Gasteiger partial charge in [0.25, 0.3) is 0 Å². The van der Waals surface area contributed by atoms with Gasteiger partial charge >= 0.3 is 10.8 Å². The lowest BCUT2D eigenvalue weighted by Crippen LogP contribution is -1.97. The SMILES string of the molecule is O=C(O)c1cccc(-c2nsc(=O)[nH]2)c1. The summed E-state index contributed by atoms with van der Waals surface area (Å²) in [6.07, 6.45) is 0. The van der Waals surface area contributed by atoms with Crippen LogP contribution in [0.3, 0.4) is 0 Å². The van der Waals surface area contributed by atoms with Crippen LogP contribution in [0.2, 0.25) is 0 Å². The number of nitrogens with one attached hydrogen (secondary N) is 1. The van der Waals surface area contributed by atoms with Crippen LogP contribution in [0.1, 0.15) is 10.4 Å². The number of rotatable bonds is 2. The highest BCUT2D eigenvalue weighted by Gasteiger charge is 2.06. The number of carbonyl (C=O) groups is 1. The van der Waals surface area contributed by atoms with Gasteiger partial charge in [0.2, 0.25) is 0 Å². The highest BCUT2D eigenvalue weighted by molar-refractivity contribution is 7.03. The van der Waals surface area contributed by atoms with Crippen molar-refractivity contribution in [3.63, 3.8) is 0 Å². The average Bonchev–Trinajstić information content (AvgIpc) is 2.65. The summed E-state index contributed by atoms with van der Waals surface area (Å²) in [7, 11) is 0. The van der Waals surface area contributed by atoms with E-state index in [0.29, 0.717) is 11.4 Å². The Morgan fingerprint density at radius 3 is 2.87 bits per heavy atom. The summed E-state index contributed by atoms with van der Waals surface area (Å²) in [6, 6.07) is 6.25. The molecule has 0 saturated heterocycles. The molecule has 2 aromatic rings. The van der Waals surface area contributed by atoms with Crippen molar-refractivity contribution in [1.29, 1.82) is 0 Å². The van der Waals surface area contributed by atoms with E-state index < -0.39 is 5.97 Å². The van der Waals surface area contributed by atoms with Crippen molar-refractivity contribution >= 4 is 17.5 Å². The molecule has 0 aliphatic rings. The summed E-state index contributed by atoms with van der Waals surface area (Å²) in [4.78, 5) is 23.8. The molecular formula is C9H6N2O3S. The number of carboxylic acids is 1. The second-order valence-electron chi connectivity index (χ2n) is 2.83. The van der Waals surface area contributed by atoms with Crippen LogP contribution in [-0.4, -0.2) is 20.4 Å². The molecule has 76 valence electrons. The van der Waals surface area contributed by atoms with Gasteiger partial charge in [-0.05, 0) is 12.1 Å². The Morgan fingerprint density at radius 2 is 2.27 bits per heavy atom. The molecule has 0 saturated carbocycles. The van der Waals surface area contributed by atoms with Crippen LogP contribution >= 0.6 is 11.5 Å². The molecule has 15 heavy (non-hydrogen) atoms. The number of aromatic nitrogens is 2. The Morgan fingerprint density at radius 1 is 1.47 bits per heavy atom. The minimum Gasteiger partial charge on any atom is -0.478 e. The number of hydrogen-bond donors (Lipinski definition) is 2. The second-order valence-corrected chi connectivity index (χ2v) is 3.57. The molecule has 0 radical (unpaired) electrons. The van der Waals surface area contributed by atoms with Gasteiger partial charge in [-0.15, -0.1) is 0 Å². The minimum absolute atomic E-state index is 0.168. The molecule has 0 unspecified atom stereocenters. The van der Waals surface area contributed by atoms with Gasteiger partial charge < -0.3 is 5.11 Å². The molecule has 5 nitrogen and oxygen atoms in total. The van der Waals surface area contributed by atoms with Crippen LogP contribution < -0.4 is 4.87 Å². The molecule has 1 aromatic heterocycles. The van der Waals surface area contributed by atoms with E-state index in [4.69, 9.17) is 5.11 Å². The Hall–Kier alpha value is -1.95. The monoisotopic (exact) mass is 222 g/mol. The van der Waals surface area contributed by atoms with Gasteiger partial charge in [-0.1, -0.05) is 12.1 Å². The zero-order valence-electron chi connectivity index (χ0n) is 7.43. The first-order chi connectivity index (χ1) is 7.16. The van der Waals surface area contributed by atoms with Crippen molar-refractivity contribution in [3.8, 4) is 11.4 Å². The highest BCUT2D eigenvalue weighted by atomic mass is 32.1. The van der Waals surface area contributed by atoms with Crippen LogP contribution in [0.4, 0.5) is 0 Å². The first kappa shape index (κ1) is 9.60. The number of nitrogens with zero attached hydrogens (tertiary/aromatic N) is 1. The largest absolute Gasteiger partial charge is 0.478 e. The van der Waals surface area contributed by atoms with Crippen molar-refractivity contribution in [2.75, 3.05) is 0 Å². The van der Waals surface area contributed by atoms with Gasteiger partial charge in [-0.2, -0.15) is 4.37 Å². The molecule has 0 bridgehead atoms. The fourth-order valence-electron chi connectivity index (χ4n) is 1.15. The summed E-state index contributed by atoms with van der Waals surface area (Å²) in [5, 5.41) is 8.77. The van der Waals surface area contributed by atoms with Gasteiger partial charge in [0.15, 0.2) is 5.82 Å². The van der Waals surface area contributed by atoms with Gasteiger partial charge in [-0.25, -0.2) is 4.79 Å². The molecule has 6 heteroatoms. The summed E-state index contributed by atoms with van der Waals surface area (Å²) in [6.45, 7) is 0. The van der Waals surface area contributed by atoms with Crippen LogP contribution in [0.5, 0.6) is 0 Å². The number of aromatic amines is 1. The van der Waals surface area contributed by atoms with E-state index >= 15 is 0 Å². The lowest BCUT2D eigenvalue weighted by molar-refractivity contribution is 0.0697. The van der Waals surface area contributed by atoms with Crippen molar-refractivity contribution in [2.24, 2.45) is 0 Å². The van der Waals surface area contributed by atoms with Gasteiger partial charge in [0, 0.05) is 17.1 Å². The van der Waals surface area contributed by atoms with Crippen LogP contribution in [-0.2, 0) is 0 Å². The molecule has 1 aromatic carbocycles. The van der Waals surface area contributed by atoms with Crippen LogP contribution in [0.15, 0.2) is 29.1 Å². The standard InChI is InChI=1S/C9H6N2O3S/c12-8(13)6-3-1-2-5(4-6)7-10-9(14)15-11-7/h1-4H,(H,12,13)(H,10,11,14). The lowest BCUT2D eigenvalue weighted by atomic mass is 10.1. The molecule has 0 aliphatic carbocycles. The maximum Gasteiger partial charge on any atom is 0.335 e. The molecular weight excluding hydrogens is 216 g/mol. The summed E-state index contributed by atoms with van der Waals surface area (Å²) in [5.74, 6) is -0.609. The van der Waals surface area contributed by atoms with Crippen LogP contribution in [0.25, 0.3) is 11.4 Å². The Balaban J connectivity index is 2.49. The Kier molecular flexibility index (Phi) is 2.34. The van der Waals surface area contributed by atoms with Crippen molar-refractivity contribution in [2.45, 2.75) is 0 Å². The number of carboxylic acid groups (broad SMARTS) is 1. The van der Waals surface area contributed by atoms with Gasteiger partial charge in [0.1, 0.15) is 0 Å². The smallest absolute Gasteiger partial charge is 0.335 e. The zero-order chi connectivity index (χ0) is 10.8. The van der Waals surface area contributed by atoms with E-state index in [9.17, 15) is 9.59 Å². The third-order valence-corrected chi connectivity index (χ3v) is 2.37. The predicted octanol–water partition coefficient (Wildman–Crippen LogP) is 1.20. The Bertz CT molecular complexity index is 558. The second kappa shape index (κ2) is 3.66. The van der Waals surface area contributed by atoms with Crippen molar-refractivity contribution in [1.82, 2.24) is 9.36 Å². The third kappa shape index (κ3) is 1.94. The van der Waals surface area contributed by atoms with E-state index in [1.165, 1.54) is 12.1 Å². The minimum atomic E-state index is -1.01. The molecule has 1 heterocycles. The van der Waals surface area contributed by atoms with Crippen LogP contribution in [0, 0.1) is 0 Å². The molecule has 0 fully saturated rings. The molecule has 2 rings (SSSR count). The highest BCUT2D eigenvalue weighted by Crippen LogP contribution is 2.15. The van der Waals surface area contributed by atoms with E-state index in [2.05, 4.69) is 9.36 Å². The van der Waals surface area contributed by atoms with Gasteiger partial charge in [0.05, 0.1) is 5.56 Å². The molecule has 0 atom stereocenters. The number of benzene rings is 1. The van der Waals surface area contributed by atoms with E-state index in [-0.39, 0.29) is 10.4 Å². The molecule has 0 amide bonds. The molecule has 2 N–H and O–H groups in total. The van der Waals surface area contributed by atoms with E-state index in [1.807, 2.05) is 0 Å². The molecule has 0 spiro atoms. The van der Waals surface area contributed by atoms with E-state index in [0.717, 1.165) is 11.5 Å². The average molecular weight is 222 g/mol. The van der Waals surface area contributed by atoms with E-state index in [1.54, 1.807) is 12.1 Å². The number of hydrogen-bond acceptors (Lipinski definition) is 4. The summed E-state index contributed by atoms with van der Waals surface area (Å²) < 4.78 is 3.87. The predicted molar refractivity (Wildman–Crippen MR) is 55.1 cm³/mol. The Labute approximate surface area is 88.2 Å². The topological polar surface area (TPSA) is 83.0 Å². The first-order valence-corrected chi connectivity index (χ1v) is 4.84. The molecule has 0 aliphatic heterocycles. The van der Waals surface area contributed by atoms with Crippen molar-refractivity contribution < 1.29 is 9.90 Å². The zero-order valence-corrected chi connectivity index (χ0v) is 8.25. The maximum absolute atomic E-state index is 10.9. The fraction of sp³-hybridized carbons (Fsp3) is 0. The maximum atomic E-state index is 10.9. The summed E-state index contributed by atoms with van der Waals surface area (Å²) in [5.41, 5.74) is 0.759. The normalized spacial score (nSPS) is 10.1. The fourth-order valence-corrected chi connectivity index (χ4v) is 1.62. The van der Waals surface area contributed by atoms with Gasteiger partial charge in [-0.3, -0.25) is 9.78 Å². The quantitative estimate of drug-likeness (QED) is 0.799. The third-order valence-electron chi connectivity index (χ3n) is 1.82. The lowest BCUT2D eigenvalue weighted by Gasteiger charge is -1.97. The van der Waals surface area contributed by atoms with Crippen molar-refractivity contribution in [3.05, 3.63) is 39.5 Å². The summed E-state index contributed by atoms with van der Waals surface area (Å²) >= 11 is 0.805. The number of aromatic carboxylic acids is 1.